The number of methoxy groups -OCH3 is 1. The Morgan fingerprint density at radius 2 is 1.88 bits per heavy atom. The van der Waals surface area contributed by atoms with Crippen LogP contribution in [0.4, 0.5) is 11.4 Å². The number of anilines is 2. The third-order valence-corrected chi connectivity index (χ3v) is 2.96. The maximum atomic E-state index is 5.82. The van der Waals surface area contributed by atoms with Crippen molar-refractivity contribution in [2.45, 2.75) is 0 Å². The van der Waals surface area contributed by atoms with Gasteiger partial charge in [0, 0.05) is 44.0 Å². The largest absolute Gasteiger partial charge is 0.497 e. The Labute approximate surface area is 102 Å². The summed E-state index contributed by atoms with van der Waals surface area (Å²) in [5, 5.41) is 2.20. The molecule has 17 heavy (non-hydrogen) atoms. The Balaban J connectivity index is 2.00. The first-order valence-electron chi connectivity index (χ1n) is 5.82. The van der Waals surface area contributed by atoms with E-state index < -0.39 is 0 Å². The number of nitrogens with one attached hydrogen (secondary N) is 1. The number of rotatable bonds is 3. The van der Waals surface area contributed by atoms with Crippen molar-refractivity contribution in [1.82, 2.24) is 9.91 Å². The quantitative estimate of drug-likeness (QED) is 0.762. The lowest BCUT2D eigenvalue weighted by Gasteiger charge is -2.33. The molecule has 0 bridgehead atoms. The van der Waals surface area contributed by atoms with Crippen molar-refractivity contribution in [2.24, 2.45) is 0 Å². The number of likely N-dealkylation sites (N-methyl/N-ethyl adjacent to an activating group) is 1. The molecular formula is C12H20N4O. The summed E-state index contributed by atoms with van der Waals surface area (Å²) < 4.78 is 5.20. The van der Waals surface area contributed by atoms with Gasteiger partial charge in [-0.1, -0.05) is 0 Å². The predicted molar refractivity (Wildman–Crippen MR) is 70.1 cm³/mol. The molecule has 0 amide bonds. The minimum absolute atomic E-state index is 0.709. The van der Waals surface area contributed by atoms with E-state index in [1.165, 1.54) is 0 Å². The maximum Gasteiger partial charge on any atom is 0.123 e. The summed E-state index contributed by atoms with van der Waals surface area (Å²) in [4.78, 5) is 2.32. The molecule has 0 unspecified atom stereocenters. The Morgan fingerprint density at radius 3 is 2.53 bits per heavy atom. The van der Waals surface area contributed by atoms with Gasteiger partial charge in [-0.3, -0.25) is 0 Å². The van der Waals surface area contributed by atoms with Gasteiger partial charge in [-0.05, 0) is 13.1 Å². The van der Waals surface area contributed by atoms with E-state index in [9.17, 15) is 0 Å². The summed E-state index contributed by atoms with van der Waals surface area (Å²) in [6.45, 7) is 4.17. The lowest BCUT2D eigenvalue weighted by molar-refractivity contribution is 0.179. The van der Waals surface area contributed by atoms with Crippen LogP contribution in [-0.4, -0.2) is 50.2 Å². The predicted octanol–water partition coefficient (Wildman–Crippen LogP) is 0.852. The van der Waals surface area contributed by atoms with Crippen molar-refractivity contribution in [2.75, 3.05) is 51.5 Å². The number of nitrogen functional groups attached to an aromatic ring is 1. The van der Waals surface area contributed by atoms with Gasteiger partial charge in [-0.2, -0.15) is 0 Å². The Morgan fingerprint density at radius 1 is 1.18 bits per heavy atom. The molecule has 0 atom stereocenters. The van der Waals surface area contributed by atoms with E-state index in [2.05, 4.69) is 22.4 Å². The van der Waals surface area contributed by atoms with Gasteiger partial charge >= 0.3 is 0 Å². The van der Waals surface area contributed by atoms with Crippen LogP contribution >= 0.6 is 0 Å². The van der Waals surface area contributed by atoms with Gasteiger partial charge in [0.1, 0.15) is 5.75 Å². The van der Waals surface area contributed by atoms with Gasteiger partial charge in [-0.25, -0.2) is 5.01 Å². The summed E-state index contributed by atoms with van der Waals surface area (Å²) >= 11 is 0. The first kappa shape index (κ1) is 12.0. The number of piperazine rings is 1. The zero-order chi connectivity index (χ0) is 12.3. The SMILES string of the molecule is COc1cc(N)cc(NN2CCN(C)CC2)c1. The fourth-order valence-electron chi connectivity index (χ4n) is 1.91. The average molecular weight is 236 g/mol. The first-order chi connectivity index (χ1) is 8.17. The normalized spacial score (nSPS) is 18.0. The number of nitrogens with zero attached hydrogens (tertiary/aromatic N) is 2. The molecule has 1 heterocycles. The molecule has 1 aliphatic rings. The lowest BCUT2D eigenvalue weighted by Crippen LogP contribution is -2.46. The van der Waals surface area contributed by atoms with Crippen molar-refractivity contribution < 1.29 is 4.74 Å². The second kappa shape index (κ2) is 5.25. The number of hydrogen-bond donors (Lipinski definition) is 2. The van der Waals surface area contributed by atoms with Crippen LogP contribution in [-0.2, 0) is 0 Å². The van der Waals surface area contributed by atoms with Crippen LogP contribution < -0.4 is 15.9 Å². The standard InChI is InChI=1S/C12H20N4O/c1-15-3-5-16(6-4-15)14-11-7-10(13)8-12(9-11)17-2/h7-9,14H,3-6,13H2,1-2H3. The lowest BCUT2D eigenvalue weighted by atomic mass is 10.2. The molecule has 0 radical (unpaired) electrons. The van der Waals surface area contributed by atoms with E-state index in [1.54, 1.807) is 7.11 Å². The molecule has 5 heteroatoms. The van der Waals surface area contributed by atoms with Gasteiger partial charge in [0.2, 0.25) is 0 Å². The molecule has 0 spiro atoms. The van der Waals surface area contributed by atoms with Gasteiger partial charge in [0.15, 0.2) is 0 Å². The number of benzene rings is 1. The molecule has 5 nitrogen and oxygen atoms in total. The third kappa shape index (κ3) is 3.25. The molecule has 1 fully saturated rings. The molecule has 2 rings (SSSR count). The van der Waals surface area contributed by atoms with Crippen LogP contribution in [0.5, 0.6) is 5.75 Å². The summed E-state index contributed by atoms with van der Waals surface area (Å²) in [7, 11) is 3.79. The average Bonchev–Trinajstić information content (AvgIpc) is 2.31. The molecule has 94 valence electrons. The van der Waals surface area contributed by atoms with Crippen LogP contribution in [0.3, 0.4) is 0 Å². The molecule has 1 aromatic carbocycles. The van der Waals surface area contributed by atoms with Crippen LogP contribution in [0.15, 0.2) is 18.2 Å². The van der Waals surface area contributed by atoms with Crippen LogP contribution in [0, 0.1) is 0 Å². The van der Waals surface area contributed by atoms with Crippen LogP contribution in [0.1, 0.15) is 0 Å². The minimum atomic E-state index is 0.709. The van der Waals surface area contributed by atoms with Gasteiger partial charge in [-0.15, -0.1) is 0 Å². The zero-order valence-corrected chi connectivity index (χ0v) is 10.4. The third-order valence-electron chi connectivity index (χ3n) is 2.96. The molecule has 0 aliphatic carbocycles. The van der Waals surface area contributed by atoms with Gasteiger partial charge in [0.25, 0.3) is 0 Å². The Hall–Kier alpha value is -1.46. The smallest absolute Gasteiger partial charge is 0.123 e. The van der Waals surface area contributed by atoms with E-state index in [0.717, 1.165) is 37.6 Å². The van der Waals surface area contributed by atoms with E-state index in [4.69, 9.17) is 10.5 Å². The fraction of sp³-hybridized carbons (Fsp3) is 0.500. The summed E-state index contributed by atoms with van der Waals surface area (Å²) in [5.41, 5.74) is 10.9. The molecule has 1 aromatic rings. The first-order valence-corrected chi connectivity index (χ1v) is 5.82. The number of nitrogens with two attached hydrogens (primary N) is 1. The highest BCUT2D eigenvalue weighted by Gasteiger charge is 2.13. The maximum absolute atomic E-state index is 5.82. The number of hydrazine groups is 1. The molecule has 0 aromatic heterocycles. The van der Waals surface area contributed by atoms with Gasteiger partial charge < -0.3 is 20.8 Å². The van der Waals surface area contributed by atoms with Crippen molar-refractivity contribution in [3.8, 4) is 5.75 Å². The zero-order valence-electron chi connectivity index (χ0n) is 10.4. The van der Waals surface area contributed by atoms with Gasteiger partial charge in [0.05, 0.1) is 12.8 Å². The van der Waals surface area contributed by atoms with Crippen molar-refractivity contribution >= 4 is 11.4 Å². The Bertz CT molecular complexity index is 375. The molecule has 0 saturated carbocycles. The molecule has 1 aliphatic heterocycles. The van der Waals surface area contributed by atoms with Crippen LogP contribution in [0.2, 0.25) is 0 Å². The highest BCUT2D eigenvalue weighted by atomic mass is 16.5. The molecular weight excluding hydrogens is 216 g/mol. The topological polar surface area (TPSA) is 53.8 Å². The second-order valence-electron chi connectivity index (χ2n) is 4.40. The minimum Gasteiger partial charge on any atom is -0.497 e. The Kier molecular flexibility index (Phi) is 3.71. The summed E-state index contributed by atoms with van der Waals surface area (Å²) in [6, 6.07) is 5.69. The number of hydrogen-bond acceptors (Lipinski definition) is 5. The van der Waals surface area contributed by atoms with E-state index in [1.807, 2.05) is 18.2 Å². The second-order valence-corrected chi connectivity index (χ2v) is 4.40. The van der Waals surface area contributed by atoms with Crippen molar-refractivity contribution in [1.29, 1.82) is 0 Å². The van der Waals surface area contributed by atoms with E-state index >= 15 is 0 Å². The summed E-state index contributed by atoms with van der Waals surface area (Å²) in [6.07, 6.45) is 0. The molecule has 3 N–H and O–H groups in total. The summed E-state index contributed by atoms with van der Waals surface area (Å²) in [5.74, 6) is 0.779. The van der Waals surface area contributed by atoms with E-state index in [0.29, 0.717) is 5.69 Å². The van der Waals surface area contributed by atoms with Crippen molar-refractivity contribution in [3.63, 3.8) is 0 Å². The molecule has 1 saturated heterocycles. The number of ether oxygens (including phenoxy) is 1. The highest BCUT2D eigenvalue weighted by molar-refractivity contribution is 5.58. The fourth-order valence-corrected chi connectivity index (χ4v) is 1.91. The highest BCUT2D eigenvalue weighted by Crippen LogP contribution is 2.22. The van der Waals surface area contributed by atoms with Crippen LogP contribution in [0.25, 0.3) is 0 Å². The van der Waals surface area contributed by atoms with E-state index in [-0.39, 0.29) is 0 Å². The van der Waals surface area contributed by atoms with Crippen molar-refractivity contribution in [3.05, 3.63) is 18.2 Å². The monoisotopic (exact) mass is 236 g/mol.